The van der Waals surface area contributed by atoms with Crippen LogP contribution >= 0.6 is 0 Å². The highest BCUT2D eigenvalue weighted by Gasteiger charge is 2.42. The quantitative estimate of drug-likeness (QED) is 0.289. The van der Waals surface area contributed by atoms with Crippen molar-refractivity contribution in [3.63, 3.8) is 0 Å². The molecular formula is C30H31N3O3. The van der Waals surface area contributed by atoms with E-state index in [2.05, 4.69) is 17.1 Å². The highest BCUT2D eigenvalue weighted by atomic mass is 16.5. The second-order valence-corrected chi connectivity index (χ2v) is 9.43. The van der Waals surface area contributed by atoms with Gasteiger partial charge < -0.3 is 14.7 Å². The van der Waals surface area contributed by atoms with Crippen LogP contribution < -0.4 is 4.74 Å². The normalized spacial score (nSPS) is 14.8. The first-order chi connectivity index (χ1) is 17.5. The highest BCUT2D eigenvalue weighted by Crippen LogP contribution is 2.46. The molecule has 1 amide bonds. The molecule has 0 spiro atoms. The van der Waals surface area contributed by atoms with Gasteiger partial charge in [0.25, 0.3) is 5.91 Å². The van der Waals surface area contributed by atoms with E-state index in [-0.39, 0.29) is 17.7 Å². The third kappa shape index (κ3) is 4.35. The van der Waals surface area contributed by atoms with E-state index in [1.165, 1.54) is 0 Å². The number of ether oxygens (including phenoxy) is 1. The van der Waals surface area contributed by atoms with Gasteiger partial charge in [-0.2, -0.15) is 5.10 Å². The minimum absolute atomic E-state index is 0.112. The summed E-state index contributed by atoms with van der Waals surface area (Å²) in [5, 5.41) is 18.4. The van der Waals surface area contributed by atoms with Crippen LogP contribution in [-0.4, -0.2) is 32.7 Å². The Balaban J connectivity index is 1.64. The van der Waals surface area contributed by atoms with Crippen LogP contribution in [0.4, 0.5) is 0 Å². The van der Waals surface area contributed by atoms with Crippen LogP contribution in [0.3, 0.4) is 0 Å². The third-order valence-electron chi connectivity index (χ3n) is 6.70. The molecule has 0 bridgehead atoms. The number of aryl methyl sites for hydroxylation is 2. The van der Waals surface area contributed by atoms with Gasteiger partial charge in [-0.25, -0.2) is 0 Å². The summed E-state index contributed by atoms with van der Waals surface area (Å²) in [6, 6.07) is 21.3. The van der Waals surface area contributed by atoms with Gasteiger partial charge in [0, 0.05) is 17.7 Å². The molecule has 0 saturated heterocycles. The summed E-state index contributed by atoms with van der Waals surface area (Å²) in [7, 11) is 0. The van der Waals surface area contributed by atoms with Crippen LogP contribution in [0.5, 0.6) is 11.5 Å². The predicted molar refractivity (Wildman–Crippen MR) is 140 cm³/mol. The number of aromatic hydroxyl groups is 1. The van der Waals surface area contributed by atoms with Gasteiger partial charge in [0.2, 0.25) is 0 Å². The molecule has 5 rings (SSSR count). The molecule has 2 heterocycles. The molecule has 6 nitrogen and oxygen atoms in total. The summed E-state index contributed by atoms with van der Waals surface area (Å²) in [6.07, 6.45) is 2.04. The van der Waals surface area contributed by atoms with Gasteiger partial charge in [-0.15, -0.1) is 0 Å². The zero-order valence-electron chi connectivity index (χ0n) is 20.9. The lowest BCUT2D eigenvalue weighted by Gasteiger charge is -2.27. The lowest BCUT2D eigenvalue weighted by atomic mass is 9.93. The molecule has 0 fully saturated rings. The molecule has 1 unspecified atom stereocenters. The van der Waals surface area contributed by atoms with E-state index >= 15 is 0 Å². The number of phenolic OH excluding ortho intramolecular Hbond substituents is 1. The van der Waals surface area contributed by atoms with Crippen molar-refractivity contribution in [2.45, 2.75) is 46.2 Å². The number of nitrogens with zero attached hydrogens (tertiary/aromatic N) is 2. The zero-order chi connectivity index (χ0) is 25.2. The number of aromatic nitrogens is 2. The maximum atomic E-state index is 13.7. The smallest absolute Gasteiger partial charge is 0.273 e. The molecule has 1 aromatic heterocycles. The molecule has 1 atom stereocenters. The number of nitrogens with one attached hydrogen (secondary N) is 1. The number of fused-ring (bicyclic) bond motifs is 1. The second-order valence-electron chi connectivity index (χ2n) is 9.43. The molecule has 2 N–H and O–H groups in total. The monoisotopic (exact) mass is 481 g/mol. The number of carbonyl (C=O) groups is 1. The number of H-pyrrole nitrogens is 1. The number of rotatable bonds is 8. The standard InChI is InChI=1S/C30H31N3O3/c1-4-5-14-36-23-13-9-12-22(17-23)29-26-27(25-20(3)15-19(2)16-24(25)34)31-32-28(26)30(35)33(29)18-21-10-7-6-8-11-21/h6-13,15-17,29,34H,4-5,14,18H2,1-3H3,(H,31,32). The first-order valence-electron chi connectivity index (χ1n) is 12.4. The summed E-state index contributed by atoms with van der Waals surface area (Å²) >= 11 is 0. The fourth-order valence-electron chi connectivity index (χ4n) is 5.04. The van der Waals surface area contributed by atoms with Crippen LogP contribution in [0, 0.1) is 13.8 Å². The fraction of sp³-hybridized carbons (Fsp3) is 0.267. The number of amides is 1. The molecule has 6 heteroatoms. The van der Waals surface area contributed by atoms with Crippen LogP contribution in [0.15, 0.2) is 66.7 Å². The number of hydrogen-bond acceptors (Lipinski definition) is 4. The summed E-state index contributed by atoms with van der Waals surface area (Å²) in [6.45, 7) is 7.14. The van der Waals surface area contributed by atoms with E-state index in [0.717, 1.165) is 46.4 Å². The minimum atomic E-state index is -0.378. The Morgan fingerprint density at radius 2 is 1.86 bits per heavy atom. The van der Waals surface area contributed by atoms with Crippen molar-refractivity contribution in [3.05, 3.63) is 100 Å². The van der Waals surface area contributed by atoms with Crippen molar-refractivity contribution in [2.75, 3.05) is 6.61 Å². The molecule has 1 aliphatic heterocycles. The van der Waals surface area contributed by atoms with Crippen LogP contribution in [0.25, 0.3) is 11.3 Å². The number of unbranched alkanes of at least 4 members (excludes halogenated alkanes) is 1. The van der Waals surface area contributed by atoms with Crippen LogP contribution in [-0.2, 0) is 6.54 Å². The van der Waals surface area contributed by atoms with Gasteiger partial charge in [-0.1, -0.05) is 61.9 Å². The van der Waals surface area contributed by atoms with E-state index in [9.17, 15) is 9.90 Å². The number of hydrogen-bond donors (Lipinski definition) is 2. The largest absolute Gasteiger partial charge is 0.507 e. The molecule has 0 radical (unpaired) electrons. The van der Waals surface area contributed by atoms with Gasteiger partial charge in [0.15, 0.2) is 0 Å². The summed E-state index contributed by atoms with van der Waals surface area (Å²) < 4.78 is 6.00. The lowest BCUT2D eigenvalue weighted by molar-refractivity contribution is 0.0730. The van der Waals surface area contributed by atoms with Crippen LogP contribution in [0.1, 0.15) is 64.1 Å². The van der Waals surface area contributed by atoms with Gasteiger partial charge >= 0.3 is 0 Å². The Labute approximate surface area is 211 Å². The number of phenols is 1. The van der Waals surface area contributed by atoms with Crippen molar-refractivity contribution in [1.82, 2.24) is 15.1 Å². The molecule has 0 aliphatic carbocycles. The highest BCUT2D eigenvalue weighted by molar-refractivity contribution is 6.00. The first kappa shape index (κ1) is 23.7. The molecule has 0 saturated carbocycles. The number of benzene rings is 3. The number of aromatic amines is 1. The van der Waals surface area contributed by atoms with E-state index in [1.807, 2.05) is 79.4 Å². The maximum absolute atomic E-state index is 13.7. The maximum Gasteiger partial charge on any atom is 0.273 e. The topological polar surface area (TPSA) is 78.5 Å². The molecular weight excluding hydrogens is 450 g/mol. The van der Waals surface area contributed by atoms with Crippen molar-refractivity contribution < 1.29 is 14.6 Å². The number of carbonyl (C=O) groups excluding carboxylic acids is 1. The van der Waals surface area contributed by atoms with Crippen molar-refractivity contribution >= 4 is 5.91 Å². The molecule has 36 heavy (non-hydrogen) atoms. The van der Waals surface area contributed by atoms with Crippen molar-refractivity contribution in [2.24, 2.45) is 0 Å². The summed E-state index contributed by atoms with van der Waals surface area (Å²) in [5.41, 5.74) is 6.35. The van der Waals surface area contributed by atoms with Crippen molar-refractivity contribution in [3.8, 4) is 22.8 Å². The molecule has 4 aromatic rings. The second kappa shape index (κ2) is 9.90. The summed E-state index contributed by atoms with van der Waals surface area (Å²) in [5.74, 6) is 0.825. The lowest BCUT2D eigenvalue weighted by Crippen LogP contribution is -2.29. The molecule has 3 aromatic carbocycles. The van der Waals surface area contributed by atoms with Gasteiger partial charge in [-0.3, -0.25) is 9.89 Å². The Bertz CT molecular complexity index is 1370. The van der Waals surface area contributed by atoms with Crippen LogP contribution in [0.2, 0.25) is 0 Å². The Morgan fingerprint density at radius 3 is 2.61 bits per heavy atom. The Hall–Kier alpha value is -4.06. The van der Waals surface area contributed by atoms with Gasteiger partial charge in [-0.05, 0) is 60.7 Å². The van der Waals surface area contributed by atoms with E-state index in [1.54, 1.807) is 6.07 Å². The van der Waals surface area contributed by atoms with Gasteiger partial charge in [0.1, 0.15) is 22.9 Å². The van der Waals surface area contributed by atoms with Gasteiger partial charge in [0.05, 0.1) is 12.6 Å². The van der Waals surface area contributed by atoms with E-state index in [4.69, 9.17) is 4.74 Å². The summed E-state index contributed by atoms with van der Waals surface area (Å²) in [4.78, 5) is 15.6. The average Bonchev–Trinajstić information content (AvgIpc) is 3.39. The Morgan fingerprint density at radius 1 is 1.06 bits per heavy atom. The average molecular weight is 482 g/mol. The van der Waals surface area contributed by atoms with Crippen molar-refractivity contribution in [1.29, 1.82) is 0 Å². The predicted octanol–water partition coefficient (Wildman–Crippen LogP) is 6.32. The fourth-order valence-corrected chi connectivity index (χ4v) is 5.04. The third-order valence-corrected chi connectivity index (χ3v) is 6.70. The van der Waals surface area contributed by atoms with E-state index in [0.29, 0.717) is 30.1 Å². The minimum Gasteiger partial charge on any atom is -0.507 e. The first-order valence-corrected chi connectivity index (χ1v) is 12.4. The Kier molecular flexibility index (Phi) is 6.51. The molecule has 1 aliphatic rings. The SMILES string of the molecule is CCCCOc1cccc(C2c3c(-c4c(C)cc(C)cc4O)n[nH]c3C(=O)N2Cc2ccccc2)c1. The molecule has 184 valence electrons. The zero-order valence-corrected chi connectivity index (χ0v) is 20.9. The van der Waals surface area contributed by atoms with E-state index < -0.39 is 0 Å².